The summed E-state index contributed by atoms with van der Waals surface area (Å²) in [5, 5.41) is 4.55. The highest BCUT2D eigenvalue weighted by molar-refractivity contribution is 6.07. The van der Waals surface area contributed by atoms with Crippen LogP contribution in [0.2, 0.25) is 0 Å². The lowest BCUT2D eigenvalue weighted by Gasteiger charge is -2.21. The van der Waals surface area contributed by atoms with E-state index in [1.165, 1.54) is 23.6 Å². The zero-order valence-corrected chi connectivity index (χ0v) is 19.0. The van der Waals surface area contributed by atoms with Gasteiger partial charge >= 0.3 is 0 Å². The molecule has 0 spiro atoms. The van der Waals surface area contributed by atoms with Crippen LogP contribution >= 0.6 is 0 Å². The van der Waals surface area contributed by atoms with Crippen LogP contribution in [0, 0.1) is 5.92 Å². The summed E-state index contributed by atoms with van der Waals surface area (Å²) in [5.41, 5.74) is 0. The predicted octanol–water partition coefficient (Wildman–Crippen LogP) is 9.17. The third kappa shape index (κ3) is 6.66. The van der Waals surface area contributed by atoms with Gasteiger partial charge in [0.2, 0.25) is 6.36 Å². The van der Waals surface area contributed by atoms with Gasteiger partial charge in [-0.2, -0.15) is 0 Å². The van der Waals surface area contributed by atoms with Crippen LogP contribution in [-0.4, -0.2) is 12.5 Å². The molecular weight excluding hydrogens is 390 g/mol. The van der Waals surface area contributed by atoms with E-state index < -0.39 is 12.5 Å². The third-order valence-electron chi connectivity index (χ3n) is 6.32. The Morgan fingerprint density at radius 2 is 1.48 bits per heavy atom. The minimum atomic E-state index is -1.36. The molecule has 0 heterocycles. The Kier molecular flexibility index (Phi) is 9.12. The van der Waals surface area contributed by atoms with E-state index in [1.807, 2.05) is 43.3 Å². The number of benzene rings is 3. The van der Waals surface area contributed by atoms with Gasteiger partial charge in [0, 0.05) is 6.42 Å². The first-order valence-corrected chi connectivity index (χ1v) is 12.0. The van der Waals surface area contributed by atoms with Gasteiger partial charge in [-0.1, -0.05) is 82.0 Å². The molecule has 0 amide bonds. The maximum absolute atomic E-state index is 14.5. The van der Waals surface area contributed by atoms with Crippen LogP contribution in [0.15, 0.2) is 54.6 Å². The van der Waals surface area contributed by atoms with Crippen molar-refractivity contribution in [1.29, 1.82) is 0 Å². The standard InChI is InChI=1S/C28H36F2O/c1-3-5-6-7-12-22(27(29)4-2)13-10-15-28(30)31-24-18-19-26-23(20-24)17-16-21-11-8-9-14-25(21)26/h8-9,11,14,16-20,22,27-28H,3-7,10,12-13,15H2,1-2H3. The Morgan fingerprint density at radius 3 is 2.29 bits per heavy atom. The lowest BCUT2D eigenvalue weighted by atomic mass is 9.90. The number of unbranched alkanes of at least 4 members (excludes halogenated alkanes) is 3. The summed E-state index contributed by atoms with van der Waals surface area (Å²) in [6, 6.07) is 18.1. The van der Waals surface area contributed by atoms with E-state index in [1.54, 1.807) is 0 Å². The van der Waals surface area contributed by atoms with E-state index >= 15 is 0 Å². The highest BCUT2D eigenvalue weighted by atomic mass is 19.1. The van der Waals surface area contributed by atoms with Crippen molar-refractivity contribution in [3.05, 3.63) is 54.6 Å². The van der Waals surface area contributed by atoms with Crippen LogP contribution in [0.5, 0.6) is 5.75 Å². The summed E-state index contributed by atoms with van der Waals surface area (Å²) in [5.74, 6) is 0.589. The van der Waals surface area contributed by atoms with Crippen LogP contribution in [0.25, 0.3) is 21.5 Å². The molecule has 0 saturated carbocycles. The van der Waals surface area contributed by atoms with Crippen molar-refractivity contribution in [2.45, 2.75) is 84.2 Å². The molecule has 3 aromatic rings. The van der Waals surface area contributed by atoms with E-state index in [2.05, 4.69) is 25.1 Å². The highest BCUT2D eigenvalue weighted by Crippen LogP contribution is 2.30. The van der Waals surface area contributed by atoms with Crippen molar-refractivity contribution in [3.8, 4) is 5.75 Å². The fourth-order valence-electron chi connectivity index (χ4n) is 4.48. The van der Waals surface area contributed by atoms with Crippen LogP contribution < -0.4 is 4.74 Å². The second-order valence-corrected chi connectivity index (χ2v) is 8.66. The summed E-state index contributed by atoms with van der Waals surface area (Å²) in [7, 11) is 0. The maximum Gasteiger partial charge on any atom is 0.238 e. The molecule has 3 unspecified atom stereocenters. The number of fused-ring (bicyclic) bond motifs is 3. The largest absolute Gasteiger partial charge is 0.460 e. The first-order chi connectivity index (χ1) is 15.1. The molecule has 0 fully saturated rings. The second-order valence-electron chi connectivity index (χ2n) is 8.66. The molecule has 3 heteroatoms. The quantitative estimate of drug-likeness (QED) is 0.195. The number of ether oxygens (including phenoxy) is 1. The van der Waals surface area contributed by atoms with Crippen molar-refractivity contribution < 1.29 is 13.5 Å². The van der Waals surface area contributed by atoms with Crippen LogP contribution in [-0.2, 0) is 0 Å². The third-order valence-corrected chi connectivity index (χ3v) is 6.32. The number of hydrogen-bond donors (Lipinski definition) is 0. The molecule has 3 rings (SSSR count). The molecule has 0 saturated heterocycles. The summed E-state index contributed by atoms with van der Waals surface area (Å²) < 4.78 is 34.4. The van der Waals surface area contributed by atoms with E-state index in [-0.39, 0.29) is 5.92 Å². The zero-order chi connectivity index (χ0) is 22.1. The first kappa shape index (κ1) is 23.5. The second kappa shape index (κ2) is 12.0. The molecule has 1 nitrogen and oxygen atoms in total. The minimum Gasteiger partial charge on any atom is -0.460 e. The number of hydrogen-bond acceptors (Lipinski definition) is 1. The molecule has 31 heavy (non-hydrogen) atoms. The lowest BCUT2D eigenvalue weighted by Crippen LogP contribution is -2.17. The number of halogens is 2. The molecule has 0 radical (unpaired) electrons. The van der Waals surface area contributed by atoms with Gasteiger partial charge in [-0.25, -0.2) is 8.78 Å². The fourth-order valence-corrected chi connectivity index (χ4v) is 4.48. The van der Waals surface area contributed by atoms with Gasteiger partial charge < -0.3 is 4.74 Å². The SMILES string of the molecule is CCCCCCC(CCCC(F)Oc1ccc2c(ccc3ccccc32)c1)C(F)CC. The molecular formula is C28H36F2O. The molecule has 0 aromatic heterocycles. The molecule has 3 atom stereocenters. The van der Waals surface area contributed by atoms with Crippen molar-refractivity contribution in [1.82, 2.24) is 0 Å². The average Bonchev–Trinajstić information content (AvgIpc) is 2.79. The minimum absolute atomic E-state index is 0.0445. The monoisotopic (exact) mass is 426 g/mol. The first-order valence-electron chi connectivity index (χ1n) is 12.0. The summed E-state index contributed by atoms with van der Waals surface area (Å²) in [6.07, 6.45) is 5.61. The Balaban J connectivity index is 1.53. The van der Waals surface area contributed by atoms with Gasteiger partial charge in [0.05, 0.1) is 0 Å². The van der Waals surface area contributed by atoms with Crippen LogP contribution in [0.3, 0.4) is 0 Å². The Morgan fingerprint density at radius 1 is 0.742 bits per heavy atom. The maximum atomic E-state index is 14.5. The number of rotatable bonds is 13. The topological polar surface area (TPSA) is 9.23 Å². The van der Waals surface area contributed by atoms with Gasteiger partial charge in [0.15, 0.2) is 0 Å². The molecule has 0 bridgehead atoms. The molecule has 0 aliphatic rings. The van der Waals surface area contributed by atoms with Gasteiger partial charge in [-0.05, 0) is 65.3 Å². The van der Waals surface area contributed by atoms with E-state index in [0.29, 0.717) is 25.0 Å². The normalized spacial score (nSPS) is 14.6. The van der Waals surface area contributed by atoms with Crippen molar-refractivity contribution in [2.24, 2.45) is 5.92 Å². The fraction of sp³-hybridized carbons (Fsp3) is 0.500. The summed E-state index contributed by atoms with van der Waals surface area (Å²) >= 11 is 0. The van der Waals surface area contributed by atoms with E-state index in [4.69, 9.17) is 4.74 Å². The van der Waals surface area contributed by atoms with E-state index in [9.17, 15) is 8.78 Å². The zero-order valence-electron chi connectivity index (χ0n) is 19.0. The van der Waals surface area contributed by atoms with Gasteiger partial charge in [-0.3, -0.25) is 0 Å². The van der Waals surface area contributed by atoms with Crippen molar-refractivity contribution in [2.75, 3.05) is 0 Å². The average molecular weight is 427 g/mol. The Bertz CT molecular complexity index is 939. The van der Waals surface area contributed by atoms with Gasteiger partial charge in [0.25, 0.3) is 0 Å². The molecule has 0 aliphatic carbocycles. The highest BCUT2D eigenvalue weighted by Gasteiger charge is 2.20. The molecule has 168 valence electrons. The smallest absolute Gasteiger partial charge is 0.238 e. The van der Waals surface area contributed by atoms with Gasteiger partial charge in [-0.15, -0.1) is 0 Å². The van der Waals surface area contributed by atoms with Crippen molar-refractivity contribution in [3.63, 3.8) is 0 Å². The predicted molar refractivity (Wildman–Crippen MR) is 128 cm³/mol. The van der Waals surface area contributed by atoms with Gasteiger partial charge in [0.1, 0.15) is 11.9 Å². The lowest BCUT2D eigenvalue weighted by molar-refractivity contribution is 0.0540. The molecule has 3 aromatic carbocycles. The van der Waals surface area contributed by atoms with E-state index in [0.717, 1.165) is 36.5 Å². The Labute approximate surface area is 185 Å². The summed E-state index contributed by atoms with van der Waals surface area (Å²) in [6.45, 7) is 4.08. The van der Waals surface area contributed by atoms with Crippen LogP contribution in [0.4, 0.5) is 8.78 Å². The number of alkyl halides is 2. The Hall–Kier alpha value is -2.16. The van der Waals surface area contributed by atoms with Crippen LogP contribution in [0.1, 0.15) is 71.6 Å². The molecule has 0 N–H and O–H groups in total. The summed E-state index contributed by atoms with van der Waals surface area (Å²) in [4.78, 5) is 0. The van der Waals surface area contributed by atoms with Crippen molar-refractivity contribution >= 4 is 21.5 Å². The molecule has 0 aliphatic heterocycles.